The topological polar surface area (TPSA) is 60.0 Å². The van der Waals surface area contributed by atoms with Crippen molar-refractivity contribution in [2.45, 2.75) is 32.5 Å². The van der Waals surface area contributed by atoms with Gasteiger partial charge in [-0.15, -0.1) is 0 Å². The van der Waals surface area contributed by atoms with Gasteiger partial charge in [0, 0.05) is 25.4 Å². The molecule has 0 atom stereocenters. The van der Waals surface area contributed by atoms with E-state index in [0.717, 1.165) is 23.4 Å². The molecule has 1 heterocycles. The molecule has 0 saturated heterocycles. The molecule has 0 N–H and O–H groups in total. The highest BCUT2D eigenvalue weighted by Crippen LogP contribution is 2.42. The Bertz CT molecular complexity index is 1100. The number of anilines is 1. The van der Waals surface area contributed by atoms with Gasteiger partial charge in [-0.1, -0.05) is 36.4 Å². The number of hydrogen-bond donors (Lipinski definition) is 0. The number of nitriles is 2. The van der Waals surface area contributed by atoms with Gasteiger partial charge in [0.1, 0.15) is 17.2 Å². The van der Waals surface area contributed by atoms with Gasteiger partial charge in [0.15, 0.2) is 5.76 Å². The molecule has 0 radical (unpaired) electrons. The van der Waals surface area contributed by atoms with Crippen LogP contribution in [0.15, 0.2) is 76.6 Å². The van der Waals surface area contributed by atoms with E-state index in [9.17, 15) is 18.4 Å². The second kappa shape index (κ2) is 9.62. The fourth-order valence-electron chi connectivity index (χ4n) is 3.05. The second-order valence-electron chi connectivity index (χ2n) is 7.88. The number of hydrogen-bond acceptors (Lipinski definition) is 4. The van der Waals surface area contributed by atoms with E-state index >= 15 is 0 Å². The van der Waals surface area contributed by atoms with E-state index in [1.54, 1.807) is 19.9 Å². The molecule has 1 aromatic carbocycles. The number of nitrogens with zero attached hydrogens (tertiary/aromatic N) is 3. The zero-order chi connectivity index (χ0) is 24.1. The fraction of sp³-hybridized carbons (Fsp3) is 0.280. The van der Waals surface area contributed by atoms with Crippen molar-refractivity contribution in [1.29, 1.82) is 10.5 Å². The Labute approximate surface area is 186 Å². The van der Waals surface area contributed by atoms with Crippen molar-refractivity contribution < 1.29 is 17.9 Å². The highest BCUT2D eigenvalue weighted by Gasteiger charge is 2.40. The van der Waals surface area contributed by atoms with Crippen LogP contribution in [0.1, 0.15) is 26.3 Å². The fourth-order valence-corrected chi connectivity index (χ4v) is 3.05. The summed E-state index contributed by atoms with van der Waals surface area (Å²) in [4.78, 5) is 1.95. The van der Waals surface area contributed by atoms with E-state index in [2.05, 4.69) is 0 Å². The predicted molar refractivity (Wildman–Crippen MR) is 119 cm³/mol. The van der Waals surface area contributed by atoms with Gasteiger partial charge in [-0.3, -0.25) is 0 Å². The van der Waals surface area contributed by atoms with Crippen LogP contribution in [0.5, 0.6) is 0 Å². The molecule has 32 heavy (non-hydrogen) atoms. The molecular weight excluding hydrogens is 415 g/mol. The monoisotopic (exact) mass is 439 g/mol. The van der Waals surface area contributed by atoms with Crippen molar-refractivity contribution in [3.05, 3.63) is 82.2 Å². The first-order chi connectivity index (χ1) is 14.9. The van der Waals surface area contributed by atoms with Gasteiger partial charge in [0.25, 0.3) is 0 Å². The Morgan fingerprint density at radius 3 is 2.22 bits per heavy atom. The van der Waals surface area contributed by atoms with E-state index in [-0.39, 0.29) is 22.5 Å². The summed E-state index contributed by atoms with van der Waals surface area (Å²) < 4.78 is 46.7. The molecule has 1 aliphatic heterocycles. The molecule has 0 amide bonds. The molecular formula is C25H24F3N3O. The minimum atomic E-state index is -4.64. The van der Waals surface area contributed by atoms with Crippen molar-refractivity contribution in [3.63, 3.8) is 0 Å². The summed E-state index contributed by atoms with van der Waals surface area (Å²) in [6.07, 6.45) is 1.73. The lowest BCUT2D eigenvalue weighted by molar-refractivity contribution is -0.0883. The molecule has 0 aliphatic carbocycles. The van der Waals surface area contributed by atoms with Gasteiger partial charge in [-0.25, -0.2) is 0 Å². The normalized spacial score (nSPS) is 18.0. The summed E-state index contributed by atoms with van der Waals surface area (Å²) in [5, 5.41) is 18.6. The Morgan fingerprint density at radius 1 is 1.09 bits per heavy atom. The van der Waals surface area contributed by atoms with E-state index in [0.29, 0.717) is 0 Å². The van der Waals surface area contributed by atoms with Crippen LogP contribution in [-0.4, -0.2) is 25.9 Å². The lowest BCUT2D eigenvalue weighted by Gasteiger charge is -2.21. The lowest BCUT2D eigenvalue weighted by atomic mass is 9.93. The van der Waals surface area contributed by atoms with E-state index < -0.39 is 17.4 Å². The minimum absolute atomic E-state index is 0.0119. The third-order valence-electron chi connectivity index (χ3n) is 4.83. The first-order valence-electron chi connectivity index (χ1n) is 9.77. The summed E-state index contributed by atoms with van der Waals surface area (Å²) >= 11 is 0. The molecule has 0 spiro atoms. The number of ether oxygens (including phenoxy) is 1. The number of benzene rings is 1. The van der Waals surface area contributed by atoms with Crippen molar-refractivity contribution in [3.8, 4) is 12.1 Å². The molecule has 166 valence electrons. The highest BCUT2D eigenvalue weighted by molar-refractivity contribution is 5.59. The van der Waals surface area contributed by atoms with E-state index in [4.69, 9.17) is 10.00 Å². The molecule has 1 aromatic rings. The van der Waals surface area contributed by atoms with Gasteiger partial charge in [-0.2, -0.15) is 23.7 Å². The standard InChI is InChI=1S/C25H24F3N3O/c1-17(15-29)23-21(16-30)22(24(2,3)32-23)14-19(25(26,27)28)9-7-6-8-18-10-12-20(13-11-18)31(4)5/h6-14H,1-5H3/b8-6+,9-7+,19-14-,23-17+. The first kappa shape index (κ1) is 24.6. The van der Waals surface area contributed by atoms with Crippen molar-refractivity contribution >= 4 is 11.8 Å². The Hall–Kier alpha value is -3.71. The summed E-state index contributed by atoms with van der Waals surface area (Å²) in [5.74, 6) is 0.0119. The molecule has 1 aliphatic rings. The molecule has 2 rings (SSSR count). The maximum Gasteiger partial charge on any atom is 0.416 e. The van der Waals surface area contributed by atoms with E-state index in [1.165, 1.54) is 19.1 Å². The average molecular weight is 439 g/mol. The van der Waals surface area contributed by atoms with Crippen LogP contribution in [0, 0.1) is 22.7 Å². The van der Waals surface area contributed by atoms with Crippen LogP contribution in [0.2, 0.25) is 0 Å². The Morgan fingerprint density at radius 2 is 1.72 bits per heavy atom. The van der Waals surface area contributed by atoms with Gasteiger partial charge >= 0.3 is 6.18 Å². The maximum atomic E-state index is 13.7. The molecule has 0 fully saturated rings. The third-order valence-corrected chi connectivity index (χ3v) is 4.83. The SMILES string of the molecule is C/C(C#N)=C1\OC(C)(C)C(/C=C(/C=C/C=C/c2ccc(N(C)C)cc2)C(F)(F)F)=C1C#N. The van der Waals surface area contributed by atoms with Crippen molar-refractivity contribution in [2.24, 2.45) is 0 Å². The van der Waals surface area contributed by atoms with Gasteiger partial charge in [0.2, 0.25) is 0 Å². The Balaban J connectivity index is 2.42. The quantitative estimate of drug-likeness (QED) is 0.403. The maximum absolute atomic E-state index is 13.7. The van der Waals surface area contributed by atoms with Crippen LogP contribution in [0.4, 0.5) is 18.9 Å². The number of rotatable bonds is 5. The zero-order valence-electron chi connectivity index (χ0n) is 18.6. The largest absolute Gasteiger partial charge is 0.481 e. The van der Waals surface area contributed by atoms with Gasteiger partial charge < -0.3 is 9.64 Å². The second-order valence-corrected chi connectivity index (χ2v) is 7.88. The van der Waals surface area contributed by atoms with Crippen LogP contribution in [0.3, 0.4) is 0 Å². The average Bonchev–Trinajstić information content (AvgIpc) is 2.98. The van der Waals surface area contributed by atoms with Crippen molar-refractivity contribution in [2.75, 3.05) is 19.0 Å². The van der Waals surface area contributed by atoms with Gasteiger partial charge in [0.05, 0.1) is 17.2 Å². The molecule has 7 heteroatoms. The molecule has 0 aromatic heterocycles. The van der Waals surface area contributed by atoms with E-state index in [1.807, 2.05) is 55.4 Å². The minimum Gasteiger partial charge on any atom is -0.481 e. The highest BCUT2D eigenvalue weighted by atomic mass is 19.4. The Kier molecular flexibility index (Phi) is 7.38. The molecule has 0 saturated carbocycles. The lowest BCUT2D eigenvalue weighted by Crippen LogP contribution is -2.22. The summed E-state index contributed by atoms with van der Waals surface area (Å²) in [6.45, 7) is 4.57. The van der Waals surface area contributed by atoms with Gasteiger partial charge in [-0.05, 0) is 44.5 Å². The smallest absolute Gasteiger partial charge is 0.416 e. The van der Waals surface area contributed by atoms with Crippen molar-refractivity contribution in [1.82, 2.24) is 0 Å². The number of allylic oxidation sites excluding steroid dienone is 6. The zero-order valence-corrected chi connectivity index (χ0v) is 18.6. The van der Waals surface area contributed by atoms with Crippen LogP contribution >= 0.6 is 0 Å². The molecule has 0 bridgehead atoms. The summed E-state index contributed by atoms with van der Waals surface area (Å²) in [5.41, 5.74) is -0.119. The first-order valence-corrected chi connectivity index (χ1v) is 9.77. The predicted octanol–water partition coefficient (Wildman–Crippen LogP) is 6.24. The van der Waals surface area contributed by atoms with Crippen LogP contribution < -0.4 is 4.90 Å². The number of halogens is 3. The summed E-state index contributed by atoms with van der Waals surface area (Å²) in [7, 11) is 3.84. The third kappa shape index (κ3) is 5.70. The van der Waals surface area contributed by atoms with Crippen LogP contribution in [0.25, 0.3) is 6.08 Å². The number of alkyl halides is 3. The molecule has 0 unspecified atom stereocenters. The summed E-state index contributed by atoms with van der Waals surface area (Å²) in [6, 6.07) is 11.3. The molecule has 4 nitrogen and oxygen atoms in total. The van der Waals surface area contributed by atoms with Crippen LogP contribution in [-0.2, 0) is 4.74 Å².